The van der Waals surface area contributed by atoms with E-state index in [0.29, 0.717) is 29.3 Å². The van der Waals surface area contributed by atoms with Gasteiger partial charge in [0.1, 0.15) is 11.5 Å². The average Bonchev–Trinajstić information content (AvgIpc) is 2.55. The molecule has 4 rings (SSSR count). The van der Waals surface area contributed by atoms with Gasteiger partial charge >= 0.3 is 0 Å². The Morgan fingerprint density at radius 2 is 1.59 bits per heavy atom. The third-order valence-corrected chi connectivity index (χ3v) is 5.64. The first kappa shape index (κ1) is 13.7. The minimum Gasteiger partial charge on any atom is -0.508 e. The van der Waals surface area contributed by atoms with Crippen molar-refractivity contribution in [3.8, 4) is 11.5 Å². The number of phenols is 2. The first-order valence-electron chi connectivity index (χ1n) is 8.33. The highest BCUT2D eigenvalue weighted by Gasteiger charge is 2.39. The molecule has 2 aliphatic carbocycles. The van der Waals surface area contributed by atoms with Crippen LogP contribution in [0.15, 0.2) is 42.5 Å². The Hall–Kier alpha value is -1.96. The largest absolute Gasteiger partial charge is 0.508 e. The maximum Gasteiger partial charge on any atom is 0.119 e. The van der Waals surface area contributed by atoms with Gasteiger partial charge in [0.2, 0.25) is 0 Å². The predicted molar refractivity (Wildman–Crippen MR) is 87.4 cm³/mol. The molecular formula is C20H22O2. The average molecular weight is 294 g/mol. The maximum absolute atomic E-state index is 10.4. The van der Waals surface area contributed by atoms with E-state index in [1.807, 2.05) is 12.1 Å². The summed E-state index contributed by atoms with van der Waals surface area (Å²) in [7, 11) is 0. The van der Waals surface area contributed by atoms with Gasteiger partial charge in [-0.25, -0.2) is 0 Å². The standard InChI is InChI=1S/C20H22O2/c21-15-10-8-13(9-11-15)18-12-14-4-3-7-19(22)20(14)17-6-2-1-5-16(17)18/h3-4,7-11,16-18,21-22H,1-2,5-6,12H2. The van der Waals surface area contributed by atoms with Crippen molar-refractivity contribution in [3.05, 3.63) is 59.2 Å². The zero-order chi connectivity index (χ0) is 15.1. The minimum atomic E-state index is 0.331. The highest BCUT2D eigenvalue weighted by molar-refractivity contribution is 5.47. The summed E-state index contributed by atoms with van der Waals surface area (Å²) in [5.41, 5.74) is 3.84. The summed E-state index contributed by atoms with van der Waals surface area (Å²) in [6, 6.07) is 13.7. The number of fused-ring (bicyclic) bond motifs is 3. The monoisotopic (exact) mass is 294 g/mol. The van der Waals surface area contributed by atoms with Gasteiger partial charge in [0.05, 0.1) is 0 Å². The molecule has 3 unspecified atom stereocenters. The molecule has 2 N–H and O–H groups in total. The van der Waals surface area contributed by atoms with Gasteiger partial charge < -0.3 is 10.2 Å². The molecule has 2 nitrogen and oxygen atoms in total. The van der Waals surface area contributed by atoms with Crippen LogP contribution in [0.3, 0.4) is 0 Å². The van der Waals surface area contributed by atoms with E-state index in [1.54, 1.807) is 12.1 Å². The molecule has 0 aromatic heterocycles. The summed E-state index contributed by atoms with van der Waals surface area (Å²) in [5.74, 6) is 2.41. The fourth-order valence-corrected chi connectivity index (χ4v) is 4.68. The molecule has 0 saturated heterocycles. The normalized spacial score (nSPS) is 27.0. The van der Waals surface area contributed by atoms with Crippen LogP contribution in [0.25, 0.3) is 0 Å². The molecule has 2 aromatic rings. The lowest BCUT2D eigenvalue weighted by Crippen LogP contribution is -2.30. The van der Waals surface area contributed by atoms with Crippen molar-refractivity contribution in [2.24, 2.45) is 5.92 Å². The van der Waals surface area contributed by atoms with Gasteiger partial charge in [-0.2, -0.15) is 0 Å². The molecular weight excluding hydrogens is 272 g/mol. The Morgan fingerprint density at radius 1 is 0.818 bits per heavy atom. The number of hydrogen-bond acceptors (Lipinski definition) is 2. The first-order chi connectivity index (χ1) is 10.7. The van der Waals surface area contributed by atoms with E-state index in [-0.39, 0.29) is 0 Å². The second-order valence-corrected chi connectivity index (χ2v) is 6.81. The SMILES string of the molecule is Oc1ccc(C2Cc3cccc(O)c3C3CCCCC23)cc1. The lowest BCUT2D eigenvalue weighted by molar-refractivity contribution is 0.238. The van der Waals surface area contributed by atoms with Crippen LogP contribution < -0.4 is 0 Å². The third kappa shape index (κ3) is 2.18. The van der Waals surface area contributed by atoms with Crippen molar-refractivity contribution in [2.75, 3.05) is 0 Å². The van der Waals surface area contributed by atoms with Gasteiger partial charge in [0.15, 0.2) is 0 Å². The van der Waals surface area contributed by atoms with Gasteiger partial charge in [-0.15, -0.1) is 0 Å². The van der Waals surface area contributed by atoms with E-state index in [0.717, 1.165) is 6.42 Å². The minimum absolute atomic E-state index is 0.331. The Balaban J connectivity index is 1.79. The van der Waals surface area contributed by atoms with E-state index in [4.69, 9.17) is 0 Å². The molecule has 0 radical (unpaired) electrons. The topological polar surface area (TPSA) is 40.5 Å². The first-order valence-corrected chi connectivity index (χ1v) is 8.33. The summed E-state index contributed by atoms with van der Waals surface area (Å²) in [4.78, 5) is 0. The van der Waals surface area contributed by atoms with Crippen molar-refractivity contribution in [1.82, 2.24) is 0 Å². The van der Waals surface area contributed by atoms with Crippen LogP contribution in [0.4, 0.5) is 0 Å². The highest BCUT2D eigenvalue weighted by Crippen LogP contribution is 2.53. The van der Waals surface area contributed by atoms with Crippen LogP contribution in [0.2, 0.25) is 0 Å². The van der Waals surface area contributed by atoms with Crippen LogP contribution >= 0.6 is 0 Å². The predicted octanol–water partition coefficient (Wildman–Crippen LogP) is 4.71. The second kappa shape index (κ2) is 5.35. The van der Waals surface area contributed by atoms with E-state index >= 15 is 0 Å². The zero-order valence-electron chi connectivity index (χ0n) is 12.7. The summed E-state index contributed by atoms with van der Waals surface area (Å²) >= 11 is 0. The smallest absolute Gasteiger partial charge is 0.119 e. The summed E-state index contributed by atoms with van der Waals surface area (Å²) in [6.07, 6.45) is 5.97. The van der Waals surface area contributed by atoms with Gasteiger partial charge in [0, 0.05) is 5.56 Å². The van der Waals surface area contributed by atoms with Crippen LogP contribution in [-0.4, -0.2) is 10.2 Å². The van der Waals surface area contributed by atoms with Crippen molar-refractivity contribution < 1.29 is 10.2 Å². The third-order valence-electron chi connectivity index (χ3n) is 5.64. The molecule has 3 atom stereocenters. The second-order valence-electron chi connectivity index (χ2n) is 6.81. The van der Waals surface area contributed by atoms with Gasteiger partial charge in [-0.3, -0.25) is 0 Å². The number of benzene rings is 2. The van der Waals surface area contributed by atoms with Crippen molar-refractivity contribution in [1.29, 1.82) is 0 Å². The molecule has 1 saturated carbocycles. The fraction of sp³-hybridized carbons (Fsp3) is 0.400. The molecule has 22 heavy (non-hydrogen) atoms. The quantitative estimate of drug-likeness (QED) is 0.799. The van der Waals surface area contributed by atoms with E-state index in [2.05, 4.69) is 18.2 Å². The molecule has 0 bridgehead atoms. The van der Waals surface area contributed by atoms with Crippen LogP contribution in [-0.2, 0) is 6.42 Å². The van der Waals surface area contributed by atoms with E-state index in [9.17, 15) is 10.2 Å². The number of aromatic hydroxyl groups is 2. The maximum atomic E-state index is 10.4. The van der Waals surface area contributed by atoms with Crippen molar-refractivity contribution in [3.63, 3.8) is 0 Å². The van der Waals surface area contributed by atoms with E-state index < -0.39 is 0 Å². The zero-order valence-corrected chi connectivity index (χ0v) is 12.7. The highest BCUT2D eigenvalue weighted by atomic mass is 16.3. The van der Waals surface area contributed by atoms with Crippen LogP contribution in [0, 0.1) is 5.92 Å². The molecule has 1 fully saturated rings. The molecule has 114 valence electrons. The lowest BCUT2D eigenvalue weighted by Gasteiger charge is -2.43. The molecule has 0 amide bonds. The number of phenolic OH excluding ortho intramolecular Hbond substituents is 2. The molecule has 2 aromatic carbocycles. The van der Waals surface area contributed by atoms with Crippen LogP contribution in [0.1, 0.15) is 54.2 Å². The summed E-state index contributed by atoms with van der Waals surface area (Å²) in [5, 5.41) is 19.9. The van der Waals surface area contributed by atoms with E-state index in [1.165, 1.54) is 42.4 Å². The number of rotatable bonds is 1. The molecule has 0 heterocycles. The molecule has 2 aliphatic rings. The van der Waals surface area contributed by atoms with Crippen molar-refractivity contribution in [2.45, 2.75) is 43.9 Å². The van der Waals surface area contributed by atoms with Gasteiger partial charge in [0.25, 0.3) is 0 Å². The Kier molecular flexibility index (Phi) is 3.33. The van der Waals surface area contributed by atoms with Crippen LogP contribution in [0.5, 0.6) is 11.5 Å². The summed E-state index contributed by atoms with van der Waals surface area (Å²) in [6.45, 7) is 0. The van der Waals surface area contributed by atoms with Crippen molar-refractivity contribution >= 4 is 0 Å². The Bertz CT molecular complexity index is 675. The van der Waals surface area contributed by atoms with Gasteiger partial charge in [-0.1, -0.05) is 37.1 Å². The Labute approximate surface area is 131 Å². The number of hydrogen-bond donors (Lipinski definition) is 2. The molecule has 0 spiro atoms. The lowest BCUT2D eigenvalue weighted by atomic mass is 9.61. The Morgan fingerprint density at radius 3 is 2.41 bits per heavy atom. The molecule has 2 heteroatoms. The fourth-order valence-electron chi connectivity index (χ4n) is 4.68. The molecule has 0 aliphatic heterocycles. The summed E-state index contributed by atoms with van der Waals surface area (Å²) < 4.78 is 0. The van der Waals surface area contributed by atoms with Gasteiger partial charge in [-0.05, 0) is 66.3 Å².